The minimum Gasteiger partial charge on any atom is -0.342 e. The molecule has 0 atom stereocenters. The first kappa shape index (κ1) is 18.8. The second-order valence-corrected chi connectivity index (χ2v) is 7.30. The molecule has 4 rings (SSSR count). The van der Waals surface area contributed by atoms with E-state index < -0.39 is 12.1 Å². The van der Waals surface area contributed by atoms with Gasteiger partial charge < -0.3 is 9.47 Å². The zero-order chi connectivity index (χ0) is 20.1. The third-order valence-electron chi connectivity index (χ3n) is 5.04. The largest absolute Gasteiger partial charge is 0.391 e. The van der Waals surface area contributed by atoms with Crippen LogP contribution in [-0.2, 0) is 7.05 Å². The lowest BCUT2D eigenvalue weighted by Gasteiger charge is -2.34. The van der Waals surface area contributed by atoms with E-state index in [2.05, 4.69) is 9.97 Å². The molecule has 148 valence electrons. The summed E-state index contributed by atoms with van der Waals surface area (Å²) in [6.45, 7) is 0.321. The van der Waals surface area contributed by atoms with Crippen LogP contribution in [0, 0.1) is 5.92 Å². The summed E-state index contributed by atoms with van der Waals surface area (Å²) in [7, 11) is 1.72. The van der Waals surface area contributed by atoms with Crippen molar-refractivity contribution in [2.45, 2.75) is 19.0 Å². The van der Waals surface area contributed by atoms with Gasteiger partial charge in [0.2, 0.25) is 5.95 Å². The van der Waals surface area contributed by atoms with Crippen molar-refractivity contribution < 1.29 is 13.2 Å². The van der Waals surface area contributed by atoms with Gasteiger partial charge in [-0.2, -0.15) is 18.2 Å². The summed E-state index contributed by atoms with van der Waals surface area (Å²) in [6.07, 6.45) is -2.79. The molecule has 10 heteroatoms. The zero-order valence-electron chi connectivity index (χ0n) is 14.9. The molecule has 0 unspecified atom stereocenters. The van der Waals surface area contributed by atoms with Crippen molar-refractivity contribution in [1.82, 2.24) is 19.1 Å². The molecule has 0 radical (unpaired) electrons. The summed E-state index contributed by atoms with van der Waals surface area (Å²) >= 11 is 5.95. The fourth-order valence-corrected chi connectivity index (χ4v) is 3.62. The van der Waals surface area contributed by atoms with Crippen LogP contribution in [0.4, 0.5) is 19.1 Å². The Morgan fingerprint density at radius 3 is 2.39 bits per heavy atom. The normalized spacial score (nSPS) is 16.1. The molecule has 0 N–H and O–H groups in total. The summed E-state index contributed by atoms with van der Waals surface area (Å²) in [4.78, 5) is 23.6. The molecule has 0 spiro atoms. The van der Waals surface area contributed by atoms with E-state index in [1.807, 2.05) is 0 Å². The number of nitrogens with zero attached hydrogens (tertiary/aromatic N) is 5. The third-order valence-corrected chi connectivity index (χ3v) is 5.30. The molecule has 28 heavy (non-hydrogen) atoms. The Kier molecular flexibility index (Phi) is 4.57. The number of fused-ring (bicyclic) bond motifs is 1. The number of hydrogen-bond acceptors (Lipinski definition) is 4. The van der Waals surface area contributed by atoms with Gasteiger partial charge in [0, 0.05) is 25.2 Å². The molecular formula is C18H17ClF3N5O. The van der Waals surface area contributed by atoms with Crippen LogP contribution in [0.5, 0.6) is 0 Å². The first-order valence-electron chi connectivity index (χ1n) is 8.77. The second kappa shape index (κ2) is 6.80. The molecule has 0 saturated carbocycles. The maximum absolute atomic E-state index is 13.1. The van der Waals surface area contributed by atoms with Gasteiger partial charge in [0.15, 0.2) is 11.2 Å². The highest BCUT2D eigenvalue weighted by molar-refractivity contribution is 6.30. The van der Waals surface area contributed by atoms with Crippen LogP contribution in [0.2, 0.25) is 5.02 Å². The Balaban J connectivity index is 1.83. The lowest BCUT2D eigenvalue weighted by atomic mass is 9.96. The molecule has 2 aromatic heterocycles. The Morgan fingerprint density at radius 1 is 1.14 bits per heavy atom. The van der Waals surface area contributed by atoms with Gasteiger partial charge >= 0.3 is 6.18 Å². The monoisotopic (exact) mass is 411 g/mol. The van der Waals surface area contributed by atoms with Crippen molar-refractivity contribution >= 4 is 28.7 Å². The average Bonchev–Trinajstić information content (AvgIpc) is 3.03. The Morgan fingerprint density at radius 2 is 1.79 bits per heavy atom. The average molecular weight is 412 g/mol. The number of piperidine rings is 1. The fraction of sp³-hybridized carbons (Fsp3) is 0.389. The van der Waals surface area contributed by atoms with Crippen LogP contribution in [0.3, 0.4) is 0 Å². The van der Waals surface area contributed by atoms with Gasteiger partial charge in [-0.25, -0.2) is 9.55 Å². The molecule has 3 heterocycles. The Bertz CT molecular complexity index is 1070. The number of aryl methyl sites for hydroxylation is 1. The number of halogens is 4. The number of alkyl halides is 3. The van der Waals surface area contributed by atoms with E-state index in [-0.39, 0.29) is 37.0 Å². The van der Waals surface area contributed by atoms with Gasteiger partial charge in [-0.3, -0.25) is 4.79 Å². The third kappa shape index (κ3) is 3.23. The first-order chi connectivity index (χ1) is 13.3. The van der Waals surface area contributed by atoms with E-state index in [1.165, 1.54) is 10.9 Å². The van der Waals surface area contributed by atoms with Crippen LogP contribution < -0.4 is 10.5 Å². The molecule has 0 aliphatic carbocycles. The summed E-state index contributed by atoms with van der Waals surface area (Å²) in [5.74, 6) is -1.02. The van der Waals surface area contributed by atoms with Gasteiger partial charge in [0.25, 0.3) is 5.56 Å². The number of rotatable bonds is 2. The van der Waals surface area contributed by atoms with E-state index in [9.17, 15) is 18.0 Å². The van der Waals surface area contributed by atoms with Crippen LogP contribution in [0.25, 0.3) is 16.9 Å². The summed E-state index contributed by atoms with van der Waals surface area (Å²) in [5.41, 5.74) is 0.748. The molecule has 1 aliphatic heterocycles. The van der Waals surface area contributed by atoms with Crippen molar-refractivity contribution in [1.29, 1.82) is 0 Å². The molecule has 1 saturated heterocycles. The molecule has 1 aromatic carbocycles. The molecule has 0 amide bonds. The van der Waals surface area contributed by atoms with E-state index in [0.29, 0.717) is 22.3 Å². The SMILES string of the molecule is Cn1cnc2c(=O)n(-c3ccc(Cl)cc3)c(N3CCC(C(F)(F)F)CC3)nc21. The summed E-state index contributed by atoms with van der Waals surface area (Å²) in [5, 5.41) is 0.510. The van der Waals surface area contributed by atoms with Crippen molar-refractivity contribution in [3.63, 3.8) is 0 Å². The lowest BCUT2D eigenvalue weighted by Crippen LogP contribution is -2.41. The van der Waals surface area contributed by atoms with E-state index in [0.717, 1.165) is 0 Å². The predicted molar refractivity (Wildman–Crippen MR) is 100 cm³/mol. The minimum atomic E-state index is -4.21. The van der Waals surface area contributed by atoms with Crippen molar-refractivity contribution in [2.75, 3.05) is 18.0 Å². The molecule has 6 nitrogen and oxygen atoms in total. The van der Waals surface area contributed by atoms with E-state index in [4.69, 9.17) is 11.6 Å². The standard InChI is InChI=1S/C18H17ClF3N5O/c1-25-10-23-14-15(25)24-17(26-8-6-11(7-9-26)18(20,21)22)27(16(14)28)13-4-2-12(19)3-5-13/h2-5,10-11H,6-9H2,1H3. The van der Waals surface area contributed by atoms with Crippen LogP contribution in [0.1, 0.15) is 12.8 Å². The number of benzene rings is 1. The molecule has 3 aromatic rings. The predicted octanol–water partition coefficient (Wildman–Crippen LogP) is 3.55. The fourth-order valence-electron chi connectivity index (χ4n) is 3.49. The van der Waals surface area contributed by atoms with Crippen molar-refractivity contribution in [2.24, 2.45) is 13.0 Å². The van der Waals surface area contributed by atoms with E-state index >= 15 is 0 Å². The summed E-state index contributed by atoms with van der Waals surface area (Å²) in [6, 6.07) is 6.63. The number of aromatic nitrogens is 4. The van der Waals surface area contributed by atoms with Crippen molar-refractivity contribution in [3.8, 4) is 5.69 Å². The summed E-state index contributed by atoms with van der Waals surface area (Å²) < 4.78 is 42.1. The van der Waals surface area contributed by atoms with Gasteiger partial charge in [0.1, 0.15) is 0 Å². The number of hydrogen-bond donors (Lipinski definition) is 0. The van der Waals surface area contributed by atoms with Gasteiger partial charge in [-0.15, -0.1) is 0 Å². The van der Waals surface area contributed by atoms with Crippen LogP contribution >= 0.6 is 11.6 Å². The maximum Gasteiger partial charge on any atom is 0.391 e. The second-order valence-electron chi connectivity index (χ2n) is 6.86. The first-order valence-corrected chi connectivity index (χ1v) is 9.15. The highest BCUT2D eigenvalue weighted by Crippen LogP contribution is 2.35. The molecule has 0 bridgehead atoms. The van der Waals surface area contributed by atoms with Crippen LogP contribution in [-0.4, -0.2) is 38.4 Å². The topological polar surface area (TPSA) is 56.0 Å². The molecule has 1 fully saturated rings. The molecular weight excluding hydrogens is 395 g/mol. The van der Waals surface area contributed by atoms with Crippen LogP contribution in [0.15, 0.2) is 35.4 Å². The van der Waals surface area contributed by atoms with Crippen molar-refractivity contribution in [3.05, 3.63) is 46.0 Å². The highest BCUT2D eigenvalue weighted by Gasteiger charge is 2.41. The number of imidazole rings is 1. The zero-order valence-corrected chi connectivity index (χ0v) is 15.7. The smallest absolute Gasteiger partial charge is 0.342 e. The Hall–Kier alpha value is -2.55. The molecule has 1 aliphatic rings. The van der Waals surface area contributed by atoms with Gasteiger partial charge in [0.05, 0.1) is 17.9 Å². The lowest BCUT2D eigenvalue weighted by molar-refractivity contribution is -0.179. The van der Waals surface area contributed by atoms with Gasteiger partial charge in [-0.1, -0.05) is 11.6 Å². The number of anilines is 1. The van der Waals surface area contributed by atoms with Gasteiger partial charge in [-0.05, 0) is 37.1 Å². The maximum atomic E-state index is 13.1. The van der Waals surface area contributed by atoms with E-state index in [1.54, 1.807) is 40.8 Å². The highest BCUT2D eigenvalue weighted by atomic mass is 35.5. The quantitative estimate of drug-likeness (QED) is 0.647. The minimum absolute atomic E-state index is 0.0383. The Labute approximate surface area is 163 Å².